The molecule has 0 unspecified atom stereocenters. The maximum atomic E-state index is 12.0. The topological polar surface area (TPSA) is 107 Å². The number of hydrogen-bond donors (Lipinski definition) is 2. The van der Waals surface area contributed by atoms with E-state index in [1.165, 1.54) is 0 Å². The maximum absolute atomic E-state index is 12.0. The van der Waals surface area contributed by atoms with Gasteiger partial charge < -0.3 is 20.3 Å². The quantitative estimate of drug-likeness (QED) is 0.801. The number of hydrogen-bond acceptors (Lipinski definition) is 5. The summed E-state index contributed by atoms with van der Waals surface area (Å²) in [7, 11) is 0. The van der Waals surface area contributed by atoms with Crippen LogP contribution in [0.1, 0.15) is 36.3 Å². The first-order chi connectivity index (χ1) is 10.4. The molecule has 1 aliphatic heterocycles. The lowest BCUT2D eigenvalue weighted by molar-refractivity contribution is -0.134. The summed E-state index contributed by atoms with van der Waals surface area (Å²) in [6.45, 7) is 4.95. The minimum atomic E-state index is -0.684. The highest BCUT2D eigenvalue weighted by Gasteiger charge is 2.38. The molecule has 0 aromatic carbocycles. The molecule has 1 aromatic heterocycles. The van der Waals surface area contributed by atoms with Crippen LogP contribution in [-0.2, 0) is 20.7 Å². The number of carbonyl (C=O) groups is 2. The van der Waals surface area contributed by atoms with Gasteiger partial charge >= 0.3 is 0 Å². The molecule has 122 valence electrons. The van der Waals surface area contributed by atoms with E-state index in [-0.39, 0.29) is 18.4 Å². The van der Waals surface area contributed by atoms with E-state index in [4.69, 9.17) is 15.0 Å². The van der Waals surface area contributed by atoms with Crippen molar-refractivity contribution >= 4 is 11.8 Å². The third kappa shape index (κ3) is 3.65. The van der Waals surface area contributed by atoms with Crippen LogP contribution in [0.15, 0.2) is 4.52 Å². The van der Waals surface area contributed by atoms with Gasteiger partial charge in [-0.3, -0.25) is 9.59 Å². The van der Waals surface area contributed by atoms with Crippen molar-refractivity contribution in [2.24, 2.45) is 11.1 Å². The van der Waals surface area contributed by atoms with Crippen molar-refractivity contribution in [2.45, 2.75) is 39.5 Å². The Morgan fingerprint density at radius 2 is 2.00 bits per heavy atom. The van der Waals surface area contributed by atoms with Gasteiger partial charge in [-0.15, -0.1) is 0 Å². The van der Waals surface area contributed by atoms with Gasteiger partial charge in [-0.1, -0.05) is 5.16 Å². The number of nitrogens with two attached hydrogens (primary N) is 1. The standard InChI is InChI=1S/C15H23N3O4/c1-10-12(11(2)22-18-10)3-4-13(19)17-9-15(14(16)20)5-7-21-8-6-15/h3-9H2,1-2H3,(H2,16,20)(H,17,19). The lowest BCUT2D eigenvalue weighted by Gasteiger charge is -2.34. The van der Waals surface area contributed by atoms with Crippen LogP contribution in [0.2, 0.25) is 0 Å². The van der Waals surface area contributed by atoms with E-state index in [0.717, 1.165) is 17.0 Å². The van der Waals surface area contributed by atoms with Gasteiger partial charge in [0.15, 0.2) is 0 Å². The minimum absolute atomic E-state index is 0.105. The first kappa shape index (κ1) is 16.5. The number of ether oxygens (including phenoxy) is 1. The average molecular weight is 309 g/mol. The molecule has 2 rings (SSSR count). The van der Waals surface area contributed by atoms with Crippen molar-refractivity contribution in [3.63, 3.8) is 0 Å². The molecule has 3 N–H and O–H groups in total. The third-order valence-electron chi connectivity index (χ3n) is 4.38. The summed E-state index contributed by atoms with van der Waals surface area (Å²) in [5, 5.41) is 6.70. The highest BCUT2D eigenvalue weighted by atomic mass is 16.5. The molecule has 0 aliphatic carbocycles. The van der Waals surface area contributed by atoms with Crippen LogP contribution in [-0.4, -0.2) is 36.7 Å². The highest BCUT2D eigenvalue weighted by Crippen LogP contribution is 2.29. The molecular weight excluding hydrogens is 286 g/mol. The summed E-state index contributed by atoms with van der Waals surface area (Å²) < 4.78 is 10.3. The van der Waals surface area contributed by atoms with E-state index in [9.17, 15) is 9.59 Å². The van der Waals surface area contributed by atoms with Crippen LogP contribution in [0.25, 0.3) is 0 Å². The van der Waals surface area contributed by atoms with Crippen molar-refractivity contribution in [2.75, 3.05) is 19.8 Å². The number of primary amides is 1. The first-order valence-corrected chi connectivity index (χ1v) is 7.51. The van der Waals surface area contributed by atoms with Gasteiger partial charge in [-0.25, -0.2) is 0 Å². The highest BCUT2D eigenvalue weighted by molar-refractivity contribution is 5.83. The Kier molecular flexibility index (Phi) is 5.18. The van der Waals surface area contributed by atoms with Crippen LogP contribution >= 0.6 is 0 Å². The second-order valence-corrected chi connectivity index (χ2v) is 5.84. The summed E-state index contributed by atoms with van der Waals surface area (Å²) >= 11 is 0. The van der Waals surface area contributed by atoms with E-state index in [2.05, 4.69) is 10.5 Å². The lowest BCUT2D eigenvalue weighted by atomic mass is 9.79. The monoisotopic (exact) mass is 309 g/mol. The summed E-state index contributed by atoms with van der Waals surface area (Å²) in [5.41, 5.74) is 6.60. The van der Waals surface area contributed by atoms with Crippen molar-refractivity contribution in [3.8, 4) is 0 Å². The summed E-state index contributed by atoms with van der Waals surface area (Å²) in [5.74, 6) is 0.261. The fraction of sp³-hybridized carbons (Fsp3) is 0.667. The van der Waals surface area contributed by atoms with Crippen LogP contribution in [0, 0.1) is 19.3 Å². The summed E-state index contributed by atoms with van der Waals surface area (Å²) in [6.07, 6.45) is 1.99. The Bertz CT molecular complexity index is 527. The lowest BCUT2D eigenvalue weighted by Crippen LogP contribution is -2.49. The zero-order chi connectivity index (χ0) is 16.2. The molecule has 0 saturated carbocycles. The third-order valence-corrected chi connectivity index (χ3v) is 4.38. The molecule has 22 heavy (non-hydrogen) atoms. The van der Waals surface area contributed by atoms with Crippen LogP contribution in [0.4, 0.5) is 0 Å². The number of amides is 2. The number of nitrogens with zero attached hydrogens (tertiary/aromatic N) is 1. The normalized spacial score (nSPS) is 17.2. The Hall–Kier alpha value is -1.89. The molecule has 1 aliphatic rings. The molecule has 0 radical (unpaired) electrons. The van der Waals surface area contributed by atoms with E-state index in [0.29, 0.717) is 38.9 Å². The smallest absolute Gasteiger partial charge is 0.225 e. The Balaban J connectivity index is 1.85. The largest absolute Gasteiger partial charge is 0.381 e. The molecule has 7 nitrogen and oxygen atoms in total. The van der Waals surface area contributed by atoms with Gasteiger partial charge in [0.05, 0.1) is 11.1 Å². The van der Waals surface area contributed by atoms with Crippen molar-refractivity contribution < 1.29 is 18.8 Å². The van der Waals surface area contributed by atoms with Crippen molar-refractivity contribution in [3.05, 3.63) is 17.0 Å². The first-order valence-electron chi connectivity index (χ1n) is 7.51. The van der Waals surface area contributed by atoms with E-state index >= 15 is 0 Å². The minimum Gasteiger partial charge on any atom is -0.381 e. The van der Waals surface area contributed by atoms with E-state index in [1.54, 1.807) is 0 Å². The fourth-order valence-corrected chi connectivity index (χ4v) is 2.73. The van der Waals surface area contributed by atoms with E-state index < -0.39 is 5.41 Å². The van der Waals surface area contributed by atoms with Crippen LogP contribution < -0.4 is 11.1 Å². The predicted molar refractivity (Wildman–Crippen MR) is 79.0 cm³/mol. The van der Waals surface area contributed by atoms with Gasteiger partial charge in [0.1, 0.15) is 5.76 Å². The Labute approximate surface area is 129 Å². The summed E-state index contributed by atoms with van der Waals surface area (Å²) in [4.78, 5) is 23.7. The van der Waals surface area contributed by atoms with Gasteiger partial charge in [0, 0.05) is 31.7 Å². The number of aromatic nitrogens is 1. The second-order valence-electron chi connectivity index (χ2n) is 5.84. The molecule has 0 spiro atoms. The zero-order valence-corrected chi connectivity index (χ0v) is 13.1. The Morgan fingerprint density at radius 3 is 2.55 bits per heavy atom. The average Bonchev–Trinajstić information content (AvgIpc) is 2.82. The molecule has 1 fully saturated rings. The van der Waals surface area contributed by atoms with Gasteiger partial charge in [-0.2, -0.15) is 0 Å². The van der Waals surface area contributed by atoms with Crippen LogP contribution in [0.3, 0.4) is 0 Å². The SMILES string of the molecule is Cc1noc(C)c1CCC(=O)NCC1(C(N)=O)CCOCC1. The zero-order valence-electron chi connectivity index (χ0n) is 13.1. The number of aryl methyl sites for hydroxylation is 2. The molecule has 2 amide bonds. The summed E-state index contributed by atoms with van der Waals surface area (Å²) in [6, 6.07) is 0. The van der Waals surface area contributed by atoms with E-state index in [1.807, 2.05) is 13.8 Å². The van der Waals surface area contributed by atoms with Crippen molar-refractivity contribution in [1.82, 2.24) is 10.5 Å². The van der Waals surface area contributed by atoms with Crippen LogP contribution in [0.5, 0.6) is 0 Å². The molecule has 0 atom stereocenters. The van der Waals surface area contributed by atoms with Gasteiger partial charge in [-0.05, 0) is 33.1 Å². The molecule has 2 heterocycles. The van der Waals surface area contributed by atoms with Crippen molar-refractivity contribution in [1.29, 1.82) is 0 Å². The molecule has 1 aromatic rings. The predicted octanol–water partition coefficient (Wildman–Crippen LogP) is 0.622. The number of nitrogens with one attached hydrogen (secondary N) is 1. The van der Waals surface area contributed by atoms with Gasteiger partial charge in [0.2, 0.25) is 11.8 Å². The Morgan fingerprint density at radius 1 is 1.32 bits per heavy atom. The molecular formula is C15H23N3O4. The number of carbonyl (C=O) groups excluding carboxylic acids is 2. The van der Waals surface area contributed by atoms with Gasteiger partial charge in [0.25, 0.3) is 0 Å². The fourth-order valence-electron chi connectivity index (χ4n) is 2.73. The molecule has 7 heteroatoms. The maximum Gasteiger partial charge on any atom is 0.225 e. The second kappa shape index (κ2) is 6.91. The number of rotatable bonds is 6. The molecule has 0 bridgehead atoms. The molecule has 1 saturated heterocycles.